The van der Waals surface area contributed by atoms with Crippen molar-refractivity contribution in [3.8, 4) is 11.5 Å². The first kappa shape index (κ1) is 22.9. The number of hydrogen-bond donors (Lipinski definition) is 0. The molecule has 0 fully saturated rings. The van der Waals surface area contributed by atoms with E-state index in [9.17, 15) is 9.59 Å². The van der Waals surface area contributed by atoms with Gasteiger partial charge in [-0.2, -0.15) is 0 Å². The maximum absolute atomic E-state index is 13.3. The van der Waals surface area contributed by atoms with Gasteiger partial charge in [-0.25, -0.2) is 4.79 Å². The fourth-order valence-electron chi connectivity index (χ4n) is 3.95. The second kappa shape index (κ2) is 9.56. The molecule has 31 heavy (non-hydrogen) atoms. The molecular weight excluding hydrogens is 414 g/mol. The number of benzene rings is 1. The fourth-order valence-corrected chi connectivity index (χ4v) is 4.67. The third-order valence-electron chi connectivity index (χ3n) is 5.66. The second-order valence-electron chi connectivity index (χ2n) is 7.79. The predicted octanol–water partition coefficient (Wildman–Crippen LogP) is 4.03. The number of ether oxygens (including phenoxy) is 3. The van der Waals surface area contributed by atoms with Crippen molar-refractivity contribution in [1.82, 2.24) is 4.90 Å². The monoisotopic (exact) mass is 443 g/mol. The van der Waals surface area contributed by atoms with Gasteiger partial charge in [-0.1, -0.05) is 12.1 Å². The molecule has 1 aliphatic heterocycles. The fraction of sp³-hybridized carbons (Fsp3) is 0.417. The zero-order valence-corrected chi connectivity index (χ0v) is 19.5. The molecule has 1 amide bonds. The maximum atomic E-state index is 13.3. The van der Waals surface area contributed by atoms with Crippen LogP contribution in [0.25, 0.3) is 0 Å². The number of carbonyl (C=O) groups excluding carboxylic acids is 2. The van der Waals surface area contributed by atoms with Crippen molar-refractivity contribution in [2.24, 2.45) is 0 Å². The van der Waals surface area contributed by atoms with Crippen LogP contribution in [0, 0.1) is 0 Å². The first-order valence-corrected chi connectivity index (χ1v) is 11.2. The van der Waals surface area contributed by atoms with Gasteiger partial charge in [0.1, 0.15) is 5.57 Å². The summed E-state index contributed by atoms with van der Waals surface area (Å²) in [6.07, 6.45) is 1.18. The molecule has 1 aromatic carbocycles. The molecule has 1 aromatic heterocycles. The van der Waals surface area contributed by atoms with E-state index in [0.717, 1.165) is 16.0 Å². The van der Waals surface area contributed by atoms with Crippen LogP contribution in [0.1, 0.15) is 31.2 Å². The molecule has 2 heterocycles. The predicted molar refractivity (Wildman–Crippen MR) is 121 cm³/mol. The summed E-state index contributed by atoms with van der Waals surface area (Å²) in [5, 5.41) is 2.00. The van der Waals surface area contributed by atoms with E-state index in [2.05, 4.69) is 0 Å². The summed E-state index contributed by atoms with van der Waals surface area (Å²) >= 11 is 1.62. The minimum atomic E-state index is -0.597. The Hall–Kier alpha value is -2.80. The van der Waals surface area contributed by atoms with Crippen LogP contribution in [0.2, 0.25) is 0 Å². The number of thiophene rings is 1. The zero-order valence-electron chi connectivity index (χ0n) is 18.7. The first-order valence-electron chi connectivity index (χ1n) is 10.3. The van der Waals surface area contributed by atoms with Gasteiger partial charge < -0.3 is 19.1 Å². The van der Waals surface area contributed by atoms with Gasteiger partial charge >= 0.3 is 5.97 Å². The van der Waals surface area contributed by atoms with Gasteiger partial charge in [0.2, 0.25) is 0 Å². The van der Waals surface area contributed by atoms with E-state index in [1.54, 1.807) is 37.4 Å². The molecule has 166 valence electrons. The third kappa shape index (κ3) is 4.61. The van der Waals surface area contributed by atoms with Crippen LogP contribution in [-0.4, -0.2) is 49.7 Å². The van der Waals surface area contributed by atoms with Crippen LogP contribution >= 0.6 is 11.3 Å². The second-order valence-corrected chi connectivity index (χ2v) is 8.82. The van der Waals surface area contributed by atoms with E-state index in [1.165, 1.54) is 0 Å². The van der Waals surface area contributed by atoms with Crippen molar-refractivity contribution in [1.29, 1.82) is 0 Å². The largest absolute Gasteiger partial charge is 0.493 e. The standard InChI is InChI=1S/C24H29NO5S/c1-6-30-23(27)21-18(15-17-8-7-13-31-17)24(2,3)25(22(21)26)12-11-16-9-10-19(28-4)20(14-16)29-5/h7-10,13-14H,6,11-12,15H2,1-5H3. The van der Waals surface area contributed by atoms with E-state index in [1.807, 2.05) is 49.6 Å². The molecule has 0 bridgehead atoms. The van der Waals surface area contributed by atoms with E-state index < -0.39 is 11.5 Å². The molecule has 0 radical (unpaired) electrons. The Balaban J connectivity index is 1.87. The molecule has 1 aliphatic rings. The molecule has 7 heteroatoms. The SMILES string of the molecule is CCOC(=O)C1=C(Cc2cccs2)C(C)(C)N(CCc2ccc(OC)c(OC)c2)C1=O. The van der Waals surface area contributed by atoms with Crippen LogP contribution in [0.3, 0.4) is 0 Å². The summed E-state index contributed by atoms with van der Waals surface area (Å²) in [6, 6.07) is 9.73. The molecule has 2 aromatic rings. The Labute approximate surface area is 187 Å². The normalized spacial score (nSPS) is 15.4. The molecule has 0 unspecified atom stereocenters. The van der Waals surface area contributed by atoms with E-state index >= 15 is 0 Å². The van der Waals surface area contributed by atoms with Crippen molar-refractivity contribution in [3.05, 3.63) is 57.3 Å². The molecule has 0 atom stereocenters. The number of amides is 1. The summed E-state index contributed by atoms with van der Waals surface area (Å²) < 4.78 is 15.9. The molecule has 0 N–H and O–H groups in total. The zero-order chi connectivity index (χ0) is 22.6. The number of carbonyl (C=O) groups is 2. The average Bonchev–Trinajstić information content (AvgIpc) is 3.32. The van der Waals surface area contributed by atoms with Crippen LogP contribution < -0.4 is 9.47 Å². The highest BCUT2D eigenvalue weighted by Crippen LogP contribution is 2.39. The van der Waals surface area contributed by atoms with E-state index in [-0.39, 0.29) is 18.1 Å². The van der Waals surface area contributed by atoms with Crippen molar-refractivity contribution >= 4 is 23.2 Å². The lowest BCUT2D eigenvalue weighted by Crippen LogP contribution is -2.45. The highest BCUT2D eigenvalue weighted by Gasteiger charge is 2.47. The highest BCUT2D eigenvalue weighted by molar-refractivity contribution is 7.09. The maximum Gasteiger partial charge on any atom is 0.343 e. The van der Waals surface area contributed by atoms with Gasteiger partial charge in [0, 0.05) is 17.8 Å². The lowest BCUT2D eigenvalue weighted by atomic mass is 9.89. The smallest absolute Gasteiger partial charge is 0.343 e. The molecule has 0 spiro atoms. The third-order valence-corrected chi connectivity index (χ3v) is 6.53. The van der Waals surface area contributed by atoms with Crippen LogP contribution in [0.15, 0.2) is 46.9 Å². The van der Waals surface area contributed by atoms with E-state index in [4.69, 9.17) is 14.2 Å². The Morgan fingerprint density at radius 1 is 1.13 bits per heavy atom. The van der Waals surface area contributed by atoms with Gasteiger partial charge in [0.15, 0.2) is 11.5 Å². The molecule has 0 saturated carbocycles. The Morgan fingerprint density at radius 2 is 1.87 bits per heavy atom. The topological polar surface area (TPSA) is 65.1 Å². The van der Waals surface area contributed by atoms with Crippen LogP contribution in [-0.2, 0) is 27.2 Å². The molecule has 6 nitrogen and oxygen atoms in total. The number of esters is 1. The quantitative estimate of drug-likeness (QED) is 0.432. The Kier molecular flexibility index (Phi) is 7.05. The van der Waals surface area contributed by atoms with Crippen LogP contribution in [0.4, 0.5) is 0 Å². The van der Waals surface area contributed by atoms with Gasteiger partial charge in [-0.15, -0.1) is 11.3 Å². The van der Waals surface area contributed by atoms with Crippen molar-refractivity contribution in [3.63, 3.8) is 0 Å². The van der Waals surface area contributed by atoms with Crippen molar-refractivity contribution in [2.45, 2.75) is 39.2 Å². The minimum absolute atomic E-state index is 0.174. The van der Waals surface area contributed by atoms with Gasteiger partial charge in [0.05, 0.1) is 26.4 Å². The summed E-state index contributed by atoms with van der Waals surface area (Å²) in [4.78, 5) is 28.9. The minimum Gasteiger partial charge on any atom is -0.493 e. The average molecular weight is 444 g/mol. The number of hydrogen-bond acceptors (Lipinski definition) is 6. The number of methoxy groups -OCH3 is 2. The van der Waals surface area contributed by atoms with E-state index in [0.29, 0.717) is 30.9 Å². The lowest BCUT2D eigenvalue weighted by Gasteiger charge is -2.34. The van der Waals surface area contributed by atoms with Gasteiger partial charge in [-0.05, 0) is 61.9 Å². The van der Waals surface area contributed by atoms with Crippen LogP contribution in [0.5, 0.6) is 11.5 Å². The summed E-state index contributed by atoms with van der Waals surface area (Å²) in [5.74, 6) is 0.500. The van der Waals surface area contributed by atoms with Crippen molar-refractivity contribution in [2.75, 3.05) is 27.4 Å². The van der Waals surface area contributed by atoms with Crippen molar-refractivity contribution < 1.29 is 23.8 Å². The molecule has 3 rings (SSSR count). The Morgan fingerprint density at radius 3 is 2.48 bits per heavy atom. The number of nitrogens with zero attached hydrogens (tertiary/aromatic N) is 1. The summed E-state index contributed by atoms with van der Waals surface area (Å²) in [7, 11) is 3.20. The molecule has 0 saturated heterocycles. The molecule has 0 aliphatic carbocycles. The number of rotatable bonds is 9. The highest BCUT2D eigenvalue weighted by atomic mass is 32.1. The summed E-state index contributed by atoms with van der Waals surface area (Å²) in [6.45, 7) is 6.44. The van der Waals surface area contributed by atoms with Gasteiger partial charge in [-0.3, -0.25) is 4.79 Å². The first-order chi connectivity index (χ1) is 14.8. The summed E-state index contributed by atoms with van der Waals surface area (Å²) in [5.41, 5.74) is 1.41. The Bertz CT molecular complexity index is 978. The molecular formula is C24H29NO5S. The van der Waals surface area contributed by atoms with Gasteiger partial charge in [0.25, 0.3) is 5.91 Å². The lowest BCUT2D eigenvalue weighted by molar-refractivity contribution is -0.141.